The van der Waals surface area contributed by atoms with Gasteiger partial charge in [0.25, 0.3) is 0 Å². The van der Waals surface area contributed by atoms with Crippen molar-refractivity contribution in [1.82, 2.24) is 14.9 Å². The third-order valence-corrected chi connectivity index (χ3v) is 8.00. The molecule has 2 fully saturated rings. The second-order valence-electron chi connectivity index (χ2n) is 10.4. The number of nitrogens with one attached hydrogen (secondary N) is 4. The van der Waals surface area contributed by atoms with Crippen molar-refractivity contribution in [3.63, 3.8) is 0 Å². The molecule has 2 aliphatic rings. The minimum atomic E-state index is -0.286. The number of rotatable bonds is 11. The Hall–Kier alpha value is -4.48. The summed E-state index contributed by atoms with van der Waals surface area (Å²) in [6.45, 7) is 7.35. The van der Waals surface area contributed by atoms with Gasteiger partial charge in [-0.25, -0.2) is 9.97 Å². The van der Waals surface area contributed by atoms with E-state index in [1.165, 1.54) is 18.6 Å². The minimum Gasteiger partial charge on any atom is -0.494 e. The van der Waals surface area contributed by atoms with Crippen LogP contribution < -0.4 is 25.6 Å². The zero-order valence-corrected chi connectivity index (χ0v) is 24.3. The van der Waals surface area contributed by atoms with Gasteiger partial charge in [-0.15, -0.1) is 0 Å². The maximum atomic E-state index is 12.4. The second kappa shape index (κ2) is 13.0. The van der Waals surface area contributed by atoms with Crippen LogP contribution >= 0.6 is 0 Å². The van der Waals surface area contributed by atoms with Crippen LogP contribution in [0.25, 0.3) is 11.3 Å². The highest BCUT2D eigenvalue weighted by atomic mass is 16.5. The molecule has 42 heavy (non-hydrogen) atoms. The summed E-state index contributed by atoms with van der Waals surface area (Å²) < 4.78 is 11.2. The number of likely N-dealkylation sites (tertiary alicyclic amines) is 1. The number of hydrogen-bond donors (Lipinski definition) is 4. The Morgan fingerprint density at radius 3 is 2.52 bits per heavy atom. The fourth-order valence-corrected chi connectivity index (χ4v) is 5.55. The van der Waals surface area contributed by atoms with Crippen molar-refractivity contribution >= 4 is 40.7 Å². The molecule has 0 unspecified atom stereocenters. The smallest absolute Gasteiger partial charge is 0.247 e. The first kappa shape index (κ1) is 29.0. The van der Waals surface area contributed by atoms with Gasteiger partial charge in [0.2, 0.25) is 5.91 Å². The fourth-order valence-electron chi connectivity index (χ4n) is 5.55. The molecule has 0 saturated carbocycles. The molecule has 3 aromatic rings. The van der Waals surface area contributed by atoms with Crippen LogP contribution in [0, 0.1) is 5.41 Å². The van der Waals surface area contributed by atoms with Gasteiger partial charge in [-0.05, 0) is 31.1 Å². The van der Waals surface area contributed by atoms with Crippen LogP contribution in [-0.4, -0.2) is 86.6 Å². The number of anilines is 5. The first-order valence-electron chi connectivity index (χ1n) is 14.0. The lowest BCUT2D eigenvalue weighted by Gasteiger charge is -2.47. The van der Waals surface area contributed by atoms with Crippen molar-refractivity contribution in [2.45, 2.75) is 25.0 Å². The quantitative estimate of drug-likeness (QED) is 0.196. The van der Waals surface area contributed by atoms with Crippen molar-refractivity contribution in [3.05, 3.63) is 60.9 Å². The minimum absolute atomic E-state index is 0.286. The maximum absolute atomic E-state index is 12.4. The molecule has 0 aliphatic carbocycles. The predicted molar refractivity (Wildman–Crippen MR) is 168 cm³/mol. The first-order valence-corrected chi connectivity index (χ1v) is 14.0. The van der Waals surface area contributed by atoms with E-state index in [1.807, 2.05) is 43.4 Å². The van der Waals surface area contributed by atoms with E-state index in [2.05, 4.69) is 42.3 Å². The molecule has 2 saturated heterocycles. The molecule has 2 aliphatic heterocycles. The van der Waals surface area contributed by atoms with Crippen LogP contribution in [-0.2, 0) is 9.53 Å². The normalized spacial score (nSPS) is 15.9. The Kier molecular flexibility index (Phi) is 8.99. The summed E-state index contributed by atoms with van der Waals surface area (Å²) in [4.78, 5) is 26.1. The highest BCUT2D eigenvalue weighted by Gasteiger charge is 2.34. The molecular weight excluding hydrogens is 532 g/mol. The highest BCUT2D eigenvalue weighted by molar-refractivity contribution is 6.02. The molecule has 5 rings (SSSR count). The van der Waals surface area contributed by atoms with Gasteiger partial charge >= 0.3 is 0 Å². The lowest BCUT2D eigenvalue weighted by Crippen LogP contribution is -2.58. The third-order valence-electron chi connectivity index (χ3n) is 8.00. The van der Waals surface area contributed by atoms with Crippen LogP contribution in [0.15, 0.2) is 55.4 Å². The van der Waals surface area contributed by atoms with Crippen molar-refractivity contribution in [2.24, 2.45) is 0 Å². The van der Waals surface area contributed by atoms with Gasteiger partial charge in [0.05, 0.1) is 36.0 Å². The second-order valence-corrected chi connectivity index (χ2v) is 10.4. The van der Waals surface area contributed by atoms with Gasteiger partial charge < -0.3 is 35.7 Å². The molecule has 1 amide bonds. The first-order chi connectivity index (χ1) is 20.5. The Balaban J connectivity index is 1.39. The molecule has 0 bridgehead atoms. The van der Waals surface area contributed by atoms with Crippen LogP contribution in [0.1, 0.15) is 18.4 Å². The van der Waals surface area contributed by atoms with E-state index in [-0.39, 0.29) is 5.91 Å². The summed E-state index contributed by atoms with van der Waals surface area (Å²) >= 11 is 0. The summed E-state index contributed by atoms with van der Waals surface area (Å²) in [6, 6.07) is 12.0. The Bertz CT molecular complexity index is 1450. The lowest BCUT2D eigenvalue weighted by atomic mass is 9.98. The molecule has 0 atom stereocenters. The molecule has 3 heterocycles. The van der Waals surface area contributed by atoms with E-state index in [1.54, 1.807) is 14.2 Å². The van der Waals surface area contributed by atoms with E-state index in [0.29, 0.717) is 35.1 Å². The predicted octanol–water partition coefficient (Wildman–Crippen LogP) is 4.36. The summed E-state index contributed by atoms with van der Waals surface area (Å²) in [5, 5.41) is 17.1. The number of amides is 1. The number of aromatic nitrogens is 2. The average Bonchev–Trinajstić information content (AvgIpc) is 3.00. The lowest BCUT2D eigenvalue weighted by molar-refractivity contribution is -0.111. The van der Waals surface area contributed by atoms with E-state index >= 15 is 0 Å². The van der Waals surface area contributed by atoms with Crippen LogP contribution in [0.2, 0.25) is 0 Å². The summed E-state index contributed by atoms with van der Waals surface area (Å²) in [5.41, 5.74) is 5.45. The highest BCUT2D eigenvalue weighted by Crippen LogP contribution is 2.40. The zero-order chi connectivity index (χ0) is 29.6. The van der Waals surface area contributed by atoms with Gasteiger partial charge in [0.1, 0.15) is 17.9 Å². The van der Waals surface area contributed by atoms with Gasteiger partial charge in [-0.3, -0.25) is 9.69 Å². The van der Waals surface area contributed by atoms with Crippen molar-refractivity contribution < 1.29 is 14.3 Å². The van der Waals surface area contributed by atoms with Gasteiger partial charge in [0, 0.05) is 81.5 Å². The Morgan fingerprint density at radius 2 is 1.86 bits per heavy atom. The molecule has 11 nitrogen and oxygen atoms in total. The Labute approximate surface area is 246 Å². The molecule has 1 aromatic heterocycles. The average molecular weight is 571 g/mol. The van der Waals surface area contributed by atoms with Gasteiger partial charge in [0.15, 0.2) is 0 Å². The van der Waals surface area contributed by atoms with E-state index < -0.39 is 0 Å². The third kappa shape index (κ3) is 6.22. The van der Waals surface area contributed by atoms with Crippen molar-refractivity contribution in [2.75, 3.05) is 68.3 Å². The summed E-state index contributed by atoms with van der Waals surface area (Å²) in [5.74, 6) is 0.910. The van der Waals surface area contributed by atoms with E-state index in [0.717, 1.165) is 67.2 Å². The van der Waals surface area contributed by atoms with Crippen molar-refractivity contribution in [1.29, 1.82) is 5.41 Å². The molecule has 220 valence electrons. The molecule has 4 N–H and O–H groups in total. The molecule has 0 radical (unpaired) electrons. The van der Waals surface area contributed by atoms with E-state index in [4.69, 9.17) is 14.9 Å². The van der Waals surface area contributed by atoms with Crippen LogP contribution in [0.3, 0.4) is 0 Å². The number of nitrogens with zero attached hydrogens (tertiary/aromatic N) is 4. The Morgan fingerprint density at radius 1 is 1.07 bits per heavy atom. The number of benzene rings is 2. The number of ether oxygens (including phenoxy) is 2. The number of carbonyl (C=O) groups excluding carboxylic acids is 1. The van der Waals surface area contributed by atoms with Crippen molar-refractivity contribution in [3.8, 4) is 17.0 Å². The van der Waals surface area contributed by atoms with Gasteiger partial charge in [-0.2, -0.15) is 0 Å². The standard InChI is InChI=1S/C31H38N8O3/c1-5-31(40)37-26-13-27(36-30-14-25(34-19-35-30)20-6-7-21(16-32)24(12-20)33-2)29(42-4)15-28(26)38-10-8-22(9-11-38)39-17-23(18-39)41-3/h5-7,12-16,19,22-23,32-33H,1,8-11,17-18H2,2-4H3,(H,37,40)(H,34,35,36). The SMILES string of the molecule is C=CC(=O)Nc1cc(Nc2cc(-c3ccc(C=N)c(NC)c3)ncn2)c(OC)cc1N1CCC(N2CC(OC)C2)CC1. The molecule has 2 aromatic carbocycles. The molecule has 0 spiro atoms. The fraction of sp³-hybridized carbons (Fsp3) is 0.355. The summed E-state index contributed by atoms with van der Waals surface area (Å²) in [6.07, 6.45) is 6.49. The van der Waals surface area contributed by atoms with Gasteiger partial charge in [-0.1, -0.05) is 18.7 Å². The topological polar surface area (TPSA) is 128 Å². The molecular formula is C31H38N8O3. The van der Waals surface area contributed by atoms with Crippen LogP contribution in [0.5, 0.6) is 5.75 Å². The maximum Gasteiger partial charge on any atom is 0.247 e. The number of hydrogen-bond acceptors (Lipinski definition) is 10. The zero-order valence-electron chi connectivity index (χ0n) is 24.3. The molecule has 11 heteroatoms. The monoisotopic (exact) mass is 570 g/mol. The number of methoxy groups -OCH3 is 2. The number of carbonyl (C=O) groups is 1. The summed E-state index contributed by atoms with van der Waals surface area (Å²) in [7, 11) is 5.23. The number of piperidine rings is 1. The van der Waals surface area contributed by atoms with E-state index in [9.17, 15) is 4.79 Å². The van der Waals surface area contributed by atoms with Crippen LogP contribution in [0.4, 0.5) is 28.6 Å². The largest absolute Gasteiger partial charge is 0.494 e.